The number of benzene rings is 2. The van der Waals surface area contributed by atoms with Crippen LogP contribution in [-0.4, -0.2) is 18.3 Å². The maximum Gasteiger partial charge on any atom is 0.426 e. The van der Waals surface area contributed by atoms with Gasteiger partial charge in [0, 0.05) is 17.5 Å². The summed E-state index contributed by atoms with van der Waals surface area (Å²) in [4.78, 5) is 0. The van der Waals surface area contributed by atoms with E-state index in [0.717, 1.165) is 29.5 Å². The minimum atomic E-state index is -4.96. The fraction of sp³-hybridized carbons (Fsp3) is 0.478. The highest BCUT2D eigenvalue weighted by molar-refractivity contribution is 5.85. The molecule has 0 spiro atoms. The van der Waals surface area contributed by atoms with Crippen molar-refractivity contribution in [1.82, 2.24) is 5.32 Å². The SMILES string of the molecule is C[C@H]1CC2(Cc3ccc(F)cc3)c3ccc(C(C)(F)C(F)(F)F)cc3CCC2N1.Cl. The van der Waals surface area contributed by atoms with E-state index in [9.17, 15) is 22.0 Å². The molecule has 2 aliphatic rings. The van der Waals surface area contributed by atoms with Crippen molar-refractivity contribution in [2.24, 2.45) is 0 Å². The summed E-state index contributed by atoms with van der Waals surface area (Å²) in [5, 5.41) is 3.61. The summed E-state index contributed by atoms with van der Waals surface area (Å²) in [7, 11) is 0. The molecule has 1 saturated heterocycles. The van der Waals surface area contributed by atoms with Crippen molar-refractivity contribution in [2.45, 2.75) is 68.9 Å². The fourth-order valence-electron chi connectivity index (χ4n) is 5.21. The van der Waals surface area contributed by atoms with E-state index in [1.165, 1.54) is 24.3 Å². The topological polar surface area (TPSA) is 12.0 Å². The van der Waals surface area contributed by atoms with Crippen LogP contribution in [0.3, 0.4) is 0 Å². The Labute approximate surface area is 179 Å². The molecule has 3 unspecified atom stereocenters. The van der Waals surface area contributed by atoms with Gasteiger partial charge in [0.05, 0.1) is 0 Å². The molecule has 0 saturated carbocycles. The monoisotopic (exact) mass is 445 g/mol. The van der Waals surface area contributed by atoms with Crippen LogP contribution in [0.25, 0.3) is 0 Å². The summed E-state index contributed by atoms with van der Waals surface area (Å²) in [6, 6.07) is 11.2. The summed E-state index contributed by atoms with van der Waals surface area (Å²) in [6.07, 6.45) is -2.10. The summed E-state index contributed by atoms with van der Waals surface area (Å²) >= 11 is 0. The number of rotatable bonds is 3. The number of hydrogen-bond acceptors (Lipinski definition) is 1. The second-order valence-corrected chi connectivity index (χ2v) is 8.70. The average molecular weight is 446 g/mol. The third-order valence-electron chi connectivity index (χ3n) is 6.67. The molecule has 7 heteroatoms. The van der Waals surface area contributed by atoms with E-state index in [-0.39, 0.29) is 41.3 Å². The van der Waals surface area contributed by atoms with Crippen LogP contribution < -0.4 is 5.32 Å². The molecule has 0 bridgehead atoms. The smallest absolute Gasteiger partial charge is 0.311 e. The zero-order valence-corrected chi connectivity index (χ0v) is 17.6. The van der Waals surface area contributed by atoms with Gasteiger partial charge in [0.15, 0.2) is 0 Å². The third-order valence-corrected chi connectivity index (χ3v) is 6.67. The van der Waals surface area contributed by atoms with Crippen molar-refractivity contribution in [2.75, 3.05) is 0 Å². The molecule has 1 N–H and O–H groups in total. The van der Waals surface area contributed by atoms with Crippen LogP contribution in [0.5, 0.6) is 0 Å². The van der Waals surface area contributed by atoms with Gasteiger partial charge in [0.1, 0.15) is 5.82 Å². The molecule has 2 aromatic carbocycles. The Morgan fingerprint density at radius 1 is 1.07 bits per heavy atom. The molecule has 2 aromatic rings. The maximum absolute atomic E-state index is 14.5. The molecule has 1 aliphatic carbocycles. The van der Waals surface area contributed by atoms with Gasteiger partial charge in [-0.25, -0.2) is 8.78 Å². The number of aryl methyl sites for hydroxylation is 1. The minimum Gasteiger partial charge on any atom is -0.311 e. The third kappa shape index (κ3) is 3.73. The molecule has 4 atom stereocenters. The Morgan fingerprint density at radius 2 is 1.73 bits per heavy atom. The first-order valence-electron chi connectivity index (χ1n) is 9.93. The van der Waals surface area contributed by atoms with Gasteiger partial charge in [-0.3, -0.25) is 0 Å². The molecule has 1 fully saturated rings. The van der Waals surface area contributed by atoms with E-state index in [2.05, 4.69) is 12.2 Å². The zero-order chi connectivity index (χ0) is 21.0. The Kier molecular flexibility index (Phi) is 5.98. The van der Waals surface area contributed by atoms with Gasteiger partial charge in [0.2, 0.25) is 5.67 Å². The molecule has 0 amide bonds. The highest BCUT2D eigenvalue weighted by atomic mass is 35.5. The second kappa shape index (κ2) is 7.79. The van der Waals surface area contributed by atoms with Gasteiger partial charge in [-0.1, -0.05) is 30.3 Å². The van der Waals surface area contributed by atoms with E-state index in [1.807, 2.05) is 0 Å². The average Bonchev–Trinajstić information content (AvgIpc) is 2.98. The van der Waals surface area contributed by atoms with E-state index >= 15 is 0 Å². The van der Waals surface area contributed by atoms with Crippen molar-refractivity contribution in [1.29, 1.82) is 0 Å². The lowest BCUT2D eigenvalue weighted by atomic mass is 9.63. The molecule has 30 heavy (non-hydrogen) atoms. The van der Waals surface area contributed by atoms with E-state index in [4.69, 9.17) is 0 Å². The normalized spacial score (nSPS) is 27.6. The van der Waals surface area contributed by atoms with Crippen molar-refractivity contribution >= 4 is 12.4 Å². The van der Waals surface area contributed by atoms with Crippen molar-refractivity contribution in [3.8, 4) is 0 Å². The molecule has 1 nitrogen and oxygen atoms in total. The van der Waals surface area contributed by atoms with E-state index < -0.39 is 11.8 Å². The molecular formula is C23H25ClF5N. The lowest BCUT2D eigenvalue weighted by Crippen LogP contribution is -2.46. The summed E-state index contributed by atoms with van der Waals surface area (Å²) in [6.45, 7) is 2.68. The first kappa shape index (κ1) is 23.0. The van der Waals surface area contributed by atoms with Crippen LogP contribution in [0.4, 0.5) is 22.0 Å². The molecule has 1 aliphatic heterocycles. The zero-order valence-electron chi connectivity index (χ0n) is 16.8. The predicted octanol–water partition coefficient (Wildman–Crippen LogP) is 6.17. The molecule has 1 heterocycles. The number of nitrogens with one attached hydrogen (secondary N) is 1. The van der Waals surface area contributed by atoms with Crippen LogP contribution in [0.2, 0.25) is 0 Å². The van der Waals surface area contributed by atoms with Crippen LogP contribution >= 0.6 is 12.4 Å². The van der Waals surface area contributed by atoms with Crippen LogP contribution in [0.15, 0.2) is 42.5 Å². The number of hydrogen-bond donors (Lipinski definition) is 1. The lowest BCUT2D eigenvalue weighted by molar-refractivity contribution is -0.228. The fourth-order valence-corrected chi connectivity index (χ4v) is 5.21. The Hall–Kier alpha value is -1.66. The van der Waals surface area contributed by atoms with Crippen LogP contribution in [-0.2, 0) is 23.9 Å². The first-order valence-corrected chi connectivity index (χ1v) is 9.93. The number of halogens is 6. The van der Waals surface area contributed by atoms with Gasteiger partial charge in [-0.15, -0.1) is 12.4 Å². The quantitative estimate of drug-likeness (QED) is 0.557. The highest BCUT2D eigenvalue weighted by Gasteiger charge is 2.54. The Bertz CT molecular complexity index is 909. The summed E-state index contributed by atoms with van der Waals surface area (Å²) < 4.78 is 67.5. The van der Waals surface area contributed by atoms with Crippen LogP contribution in [0, 0.1) is 5.82 Å². The molecule has 4 rings (SSSR count). The van der Waals surface area contributed by atoms with Gasteiger partial charge in [0.25, 0.3) is 0 Å². The molecular weight excluding hydrogens is 421 g/mol. The van der Waals surface area contributed by atoms with Crippen molar-refractivity contribution in [3.63, 3.8) is 0 Å². The molecule has 0 aromatic heterocycles. The lowest BCUT2D eigenvalue weighted by Gasteiger charge is -2.42. The molecule has 0 radical (unpaired) electrons. The second-order valence-electron chi connectivity index (χ2n) is 8.70. The number of alkyl halides is 4. The Balaban J connectivity index is 0.00000256. The summed E-state index contributed by atoms with van der Waals surface area (Å²) in [5.74, 6) is -0.302. The van der Waals surface area contributed by atoms with E-state index in [0.29, 0.717) is 19.8 Å². The molecule has 164 valence electrons. The minimum absolute atomic E-state index is 0. The van der Waals surface area contributed by atoms with Gasteiger partial charge < -0.3 is 5.32 Å². The maximum atomic E-state index is 14.5. The largest absolute Gasteiger partial charge is 0.426 e. The predicted molar refractivity (Wildman–Crippen MR) is 109 cm³/mol. The summed E-state index contributed by atoms with van der Waals surface area (Å²) in [5.41, 5.74) is -1.28. The van der Waals surface area contributed by atoms with Gasteiger partial charge >= 0.3 is 6.18 Å². The first-order chi connectivity index (χ1) is 13.5. The van der Waals surface area contributed by atoms with Gasteiger partial charge in [-0.2, -0.15) is 13.2 Å². The Morgan fingerprint density at radius 3 is 2.37 bits per heavy atom. The standard InChI is InChI=1S/C23H24F5N.ClH/c1-14-12-22(13-15-3-7-18(24)8-4-15)19-9-6-17(21(2,25)23(26,27)28)11-16(19)5-10-20(22)29-14;/h3-4,6-9,11,14,20,29H,5,10,12-13H2,1-2H3;1H/t14-,20?,21?,22?;/m0./s1. The van der Waals surface area contributed by atoms with Gasteiger partial charge in [-0.05, 0) is 73.9 Å². The van der Waals surface area contributed by atoms with E-state index in [1.54, 1.807) is 18.2 Å². The highest BCUT2D eigenvalue weighted by Crippen LogP contribution is 2.49. The van der Waals surface area contributed by atoms with Crippen molar-refractivity contribution < 1.29 is 22.0 Å². The van der Waals surface area contributed by atoms with Crippen molar-refractivity contribution in [3.05, 3.63) is 70.5 Å². The van der Waals surface area contributed by atoms with Crippen LogP contribution in [0.1, 0.15) is 48.9 Å². The number of fused-ring (bicyclic) bond motifs is 3.